The van der Waals surface area contributed by atoms with Gasteiger partial charge in [0.25, 0.3) is 0 Å². The molecule has 0 aliphatic heterocycles. The maximum atomic E-state index is 15.2. The third-order valence-corrected chi connectivity index (χ3v) is 7.24. The number of anilines is 2. The Morgan fingerprint density at radius 2 is 1.52 bits per heavy atom. The summed E-state index contributed by atoms with van der Waals surface area (Å²) in [7, 11) is 0. The normalized spacial score (nSPS) is 12.8. The van der Waals surface area contributed by atoms with Crippen molar-refractivity contribution in [2.75, 3.05) is 23.8 Å². The van der Waals surface area contributed by atoms with Gasteiger partial charge in [-0.05, 0) is 81.1 Å². The molecule has 13 heteroatoms. The quantitative estimate of drug-likeness (QED) is 0.0880. The number of ether oxygens (including phenoxy) is 3. The van der Waals surface area contributed by atoms with Crippen LogP contribution in [0.15, 0.2) is 66.9 Å². The number of carboxylic acids is 1. The number of aliphatic carboxylic acids is 1. The van der Waals surface area contributed by atoms with Gasteiger partial charge < -0.3 is 30.0 Å². The number of aromatic nitrogens is 1. The second kappa shape index (κ2) is 15.5. The fraction of sp³-hybridized carbons (Fsp3) is 0.273. The fourth-order valence-corrected chi connectivity index (χ4v) is 4.66. The number of rotatable bonds is 14. The minimum atomic E-state index is -1.30. The maximum absolute atomic E-state index is 15.2. The van der Waals surface area contributed by atoms with Gasteiger partial charge in [-0.2, -0.15) is 0 Å². The summed E-state index contributed by atoms with van der Waals surface area (Å²) in [6.07, 6.45) is 3.24. The van der Waals surface area contributed by atoms with E-state index < -0.39 is 34.8 Å². The van der Waals surface area contributed by atoms with Crippen molar-refractivity contribution < 1.29 is 42.5 Å². The Kier molecular flexibility index (Phi) is 11.8. The summed E-state index contributed by atoms with van der Waals surface area (Å²) in [6.45, 7) is 2.47. The summed E-state index contributed by atoms with van der Waals surface area (Å²) < 4.78 is 45.9. The molecule has 0 radical (unpaired) electrons. The molecule has 0 bridgehead atoms. The van der Waals surface area contributed by atoms with E-state index >= 15 is 4.39 Å². The molecule has 1 saturated carbocycles. The van der Waals surface area contributed by atoms with Crippen LogP contribution in [-0.2, 0) is 14.4 Å². The van der Waals surface area contributed by atoms with Crippen molar-refractivity contribution in [2.45, 2.75) is 39.0 Å². The van der Waals surface area contributed by atoms with E-state index in [1.807, 2.05) is 6.92 Å². The molecule has 0 unspecified atom stereocenters. The molecule has 2 amide bonds. The topological polar surface area (TPSA) is 136 Å². The van der Waals surface area contributed by atoms with Gasteiger partial charge in [0.1, 0.15) is 17.0 Å². The van der Waals surface area contributed by atoms with Gasteiger partial charge in [-0.3, -0.25) is 19.4 Å². The molecule has 238 valence electrons. The molecule has 0 saturated heterocycles. The zero-order valence-corrected chi connectivity index (χ0v) is 24.4. The second-order valence-electron chi connectivity index (χ2n) is 10.5. The Bertz CT molecular complexity index is 1730. The third kappa shape index (κ3) is 8.42. The van der Waals surface area contributed by atoms with Crippen LogP contribution < -0.4 is 24.8 Å². The van der Waals surface area contributed by atoms with Crippen LogP contribution >= 0.6 is 0 Å². The molecule has 1 aliphatic carbocycles. The molecule has 1 aromatic heterocycles. The van der Waals surface area contributed by atoms with Crippen LogP contribution in [0.5, 0.6) is 23.0 Å². The Balaban J connectivity index is 0.00000480. The molecule has 4 aromatic rings. The van der Waals surface area contributed by atoms with Crippen LogP contribution in [0, 0.1) is 17.0 Å². The van der Waals surface area contributed by atoms with Crippen molar-refractivity contribution in [3.8, 4) is 23.0 Å². The van der Waals surface area contributed by atoms with E-state index in [-0.39, 0.29) is 55.6 Å². The molecule has 5 rings (SSSR count). The van der Waals surface area contributed by atoms with Crippen molar-refractivity contribution in [1.29, 1.82) is 0 Å². The Hall–Kier alpha value is -4.00. The molecule has 1 heterocycles. The van der Waals surface area contributed by atoms with Gasteiger partial charge in [0, 0.05) is 41.5 Å². The minimum absolute atomic E-state index is 0. The fourth-order valence-electron chi connectivity index (χ4n) is 4.66. The number of amides is 2. The molecule has 0 spiro atoms. The number of unbranched alkanes of at least 4 members (excludes halogenated alkanes) is 1. The summed E-state index contributed by atoms with van der Waals surface area (Å²) in [5.74, 6) is -2.08. The molecule has 10 nitrogen and oxygen atoms in total. The van der Waals surface area contributed by atoms with Gasteiger partial charge in [-0.25, -0.2) is 8.78 Å². The molecule has 1 fully saturated rings. The van der Waals surface area contributed by atoms with E-state index in [1.54, 1.807) is 18.2 Å². The summed E-state index contributed by atoms with van der Waals surface area (Å²) in [5.41, 5.74) is -0.278. The van der Waals surface area contributed by atoms with E-state index in [0.717, 1.165) is 6.07 Å². The van der Waals surface area contributed by atoms with Crippen LogP contribution in [0.25, 0.3) is 10.9 Å². The van der Waals surface area contributed by atoms with Crippen molar-refractivity contribution in [1.82, 2.24) is 4.98 Å². The van der Waals surface area contributed by atoms with Crippen molar-refractivity contribution in [3.05, 3.63) is 78.5 Å². The summed E-state index contributed by atoms with van der Waals surface area (Å²) in [4.78, 5) is 41.0. The van der Waals surface area contributed by atoms with E-state index in [4.69, 9.17) is 19.3 Å². The molecular formula is C33H33CaF2N3O7. The average molecular weight is 662 g/mol. The number of pyridine rings is 1. The number of carbonyl (C=O) groups excluding carboxylic acids is 2. The first-order valence-electron chi connectivity index (χ1n) is 14.4. The van der Waals surface area contributed by atoms with Crippen LogP contribution in [0.1, 0.15) is 39.0 Å². The summed E-state index contributed by atoms with van der Waals surface area (Å²) in [5, 5.41) is 14.6. The number of halogens is 2. The molecule has 3 N–H and O–H groups in total. The number of nitrogens with one attached hydrogen (secondary N) is 2. The number of fused-ring (bicyclic) bond motifs is 1. The standard InChI is InChI=1S/C33H31F2N3O7.Ca.2H/c1-2-43-28-18-23-25(19-29(28)44-16-4-3-5-30(39)40)36-15-12-26(23)45-27-11-10-22(17-24(27)35)38-32(42)33(13-14-33)31(41)37-21-8-6-20(34)7-9-21;;;/h6-12,15,17-19H,2-5,13-14,16H2,1H3,(H,37,41)(H,38,42)(H,39,40);;;. The van der Waals surface area contributed by atoms with Gasteiger partial charge >= 0.3 is 43.7 Å². The monoisotopic (exact) mass is 661 g/mol. The number of benzene rings is 3. The predicted molar refractivity (Wildman–Crippen MR) is 170 cm³/mol. The Morgan fingerprint density at radius 1 is 0.848 bits per heavy atom. The van der Waals surface area contributed by atoms with E-state index in [2.05, 4.69) is 15.6 Å². The molecule has 1 aliphatic rings. The van der Waals surface area contributed by atoms with E-state index in [0.29, 0.717) is 72.7 Å². The molecule has 46 heavy (non-hydrogen) atoms. The Labute approximate surface area is 293 Å². The van der Waals surface area contributed by atoms with Crippen LogP contribution in [0.4, 0.5) is 20.2 Å². The first kappa shape index (κ1) is 34.9. The third-order valence-electron chi connectivity index (χ3n) is 7.24. The average Bonchev–Trinajstić information content (AvgIpc) is 3.82. The van der Waals surface area contributed by atoms with Crippen LogP contribution in [-0.4, -0.2) is 78.8 Å². The number of carbonyl (C=O) groups is 3. The van der Waals surface area contributed by atoms with Crippen molar-refractivity contribution >= 4 is 77.8 Å². The van der Waals surface area contributed by atoms with Gasteiger partial charge in [0.2, 0.25) is 11.8 Å². The number of carboxylic acid groups (broad SMARTS) is 1. The van der Waals surface area contributed by atoms with Crippen LogP contribution in [0.3, 0.4) is 0 Å². The first-order valence-corrected chi connectivity index (χ1v) is 14.4. The van der Waals surface area contributed by atoms with Gasteiger partial charge in [0.15, 0.2) is 23.1 Å². The predicted octanol–water partition coefficient (Wildman–Crippen LogP) is 5.78. The Morgan fingerprint density at radius 3 is 2.17 bits per heavy atom. The summed E-state index contributed by atoms with van der Waals surface area (Å²) in [6, 6.07) is 14.1. The number of nitrogens with zero attached hydrogens (tertiary/aromatic N) is 1. The number of hydrogen-bond donors (Lipinski definition) is 3. The van der Waals surface area contributed by atoms with E-state index in [9.17, 15) is 18.8 Å². The van der Waals surface area contributed by atoms with Crippen molar-refractivity contribution in [2.24, 2.45) is 5.41 Å². The summed E-state index contributed by atoms with van der Waals surface area (Å²) >= 11 is 0. The second-order valence-corrected chi connectivity index (χ2v) is 10.5. The van der Waals surface area contributed by atoms with Crippen molar-refractivity contribution in [3.63, 3.8) is 0 Å². The first-order chi connectivity index (χ1) is 21.7. The van der Waals surface area contributed by atoms with Crippen LogP contribution in [0.2, 0.25) is 0 Å². The van der Waals surface area contributed by atoms with Gasteiger partial charge in [-0.1, -0.05) is 0 Å². The van der Waals surface area contributed by atoms with E-state index in [1.165, 1.54) is 42.6 Å². The number of hydrogen-bond acceptors (Lipinski definition) is 7. The SMILES string of the molecule is CCOc1cc2c(Oc3ccc(NC(=O)C4(C(=O)Nc5ccc(F)cc5)CC4)cc3F)ccnc2cc1OCCCCC(=O)O.[CaH2]. The zero-order valence-electron chi connectivity index (χ0n) is 24.4. The molecule has 0 atom stereocenters. The molecular weight excluding hydrogens is 628 g/mol. The van der Waals surface area contributed by atoms with Gasteiger partial charge in [-0.15, -0.1) is 0 Å². The zero-order chi connectivity index (χ0) is 32.0. The molecule has 3 aromatic carbocycles. The van der Waals surface area contributed by atoms with Gasteiger partial charge in [0.05, 0.1) is 18.7 Å².